The molecule has 0 spiro atoms. The summed E-state index contributed by atoms with van der Waals surface area (Å²) >= 11 is 0. The van der Waals surface area contributed by atoms with Crippen molar-refractivity contribution in [2.24, 2.45) is 5.92 Å². The minimum Gasteiger partial charge on any atom is -0.353 e. The highest BCUT2D eigenvalue weighted by atomic mass is 16.2. The second-order valence-corrected chi connectivity index (χ2v) is 6.45. The number of hydrogen-bond donors (Lipinski definition) is 1. The van der Waals surface area contributed by atoms with Crippen LogP contribution < -0.4 is 5.32 Å². The van der Waals surface area contributed by atoms with E-state index in [2.05, 4.69) is 46.1 Å². The van der Waals surface area contributed by atoms with E-state index >= 15 is 0 Å². The van der Waals surface area contributed by atoms with Gasteiger partial charge in [0.15, 0.2) is 0 Å². The molecule has 0 aliphatic carbocycles. The van der Waals surface area contributed by atoms with Crippen molar-refractivity contribution >= 4 is 5.91 Å². The molecule has 7 heteroatoms. The van der Waals surface area contributed by atoms with Crippen LogP contribution in [0.25, 0.3) is 0 Å². The number of rotatable bonds is 6. The van der Waals surface area contributed by atoms with Crippen molar-refractivity contribution in [3.8, 4) is 0 Å². The SMILES string of the molecule is CC(C)[C@@H](CNC(=O)[C@@H](C)n1cncn1)N1CCN(C)CC1. The number of likely N-dealkylation sites (N-methyl/N-ethyl adjacent to an activating group) is 1. The summed E-state index contributed by atoms with van der Waals surface area (Å²) in [4.78, 5) is 21.0. The highest BCUT2D eigenvalue weighted by Crippen LogP contribution is 2.13. The lowest BCUT2D eigenvalue weighted by atomic mass is 10.0. The van der Waals surface area contributed by atoms with E-state index in [0.717, 1.165) is 26.2 Å². The predicted octanol–water partition coefficient (Wildman–Crippen LogP) is 0.227. The molecule has 1 aromatic heterocycles. The lowest BCUT2D eigenvalue weighted by molar-refractivity contribution is -0.124. The maximum absolute atomic E-state index is 12.3. The molecule has 1 N–H and O–H groups in total. The van der Waals surface area contributed by atoms with E-state index < -0.39 is 0 Å². The van der Waals surface area contributed by atoms with Crippen LogP contribution in [0.3, 0.4) is 0 Å². The van der Waals surface area contributed by atoms with Crippen LogP contribution in [-0.2, 0) is 4.79 Å². The Morgan fingerprint density at radius 3 is 2.45 bits per heavy atom. The molecule has 124 valence electrons. The fourth-order valence-corrected chi connectivity index (χ4v) is 2.83. The lowest BCUT2D eigenvalue weighted by Gasteiger charge is -2.40. The van der Waals surface area contributed by atoms with Gasteiger partial charge in [0, 0.05) is 38.8 Å². The Labute approximate surface area is 132 Å². The number of piperazine rings is 1. The minimum absolute atomic E-state index is 0.00900. The van der Waals surface area contributed by atoms with E-state index in [-0.39, 0.29) is 11.9 Å². The minimum atomic E-state index is -0.331. The number of nitrogens with one attached hydrogen (secondary N) is 1. The first-order chi connectivity index (χ1) is 10.5. The summed E-state index contributed by atoms with van der Waals surface area (Å²) in [6.45, 7) is 11.3. The molecule has 0 unspecified atom stereocenters. The summed E-state index contributed by atoms with van der Waals surface area (Å²) in [6, 6.07) is 0.0448. The fourth-order valence-electron chi connectivity index (χ4n) is 2.83. The molecule has 1 fully saturated rings. The zero-order chi connectivity index (χ0) is 16.1. The molecule has 1 amide bonds. The first-order valence-electron chi connectivity index (χ1n) is 8.03. The summed E-state index contributed by atoms with van der Waals surface area (Å²) in [5.41, 5.74) is 0. The molecule has 2 heterocycles. The van der Waals surface area contributed by atoms with Crippen molar-refractivity contribution in [2.45, 2.75) is 32.9 Å². The molecule has 0 bridgehead atoms. The molecular formula is C15H28N6O. The van der Waals surface area contributed by atoms with E-state index in [9.17, 15) is 4.79 Å². The maximum atomic E-state index is 12.3. The lowest BCUT2D eigenvalue weighted by Crippen LogP contribution is -2.54. The largest absolute Gasteiger partial charge is 0.353 e. The second kappa shape index (κ2) is 7.69. The van der Waals surface area contributed by atoms with Crippen molar-refractivity contribution < 1.29 is 4.79 Å². The monoisotopic (exact) mass is 308 g/mol. The van der Waals surface area contributed by atoms with Gasteiger partial charge in [-0.15, -0.1) is 0 Å². The first kappa shape index (κ1) is 16.9. The van der Waals surface area contributed by atoms with Crippen LogP contribution in [-0.4, -0.2) is 76.3 Å². The normalized spacial score (nSPS) is 20.0. The molecule has 0 radical (unpaired) electrons. The van der Waals surface area contributed by atoms with Crippen LogP contribution in [0, 0.1) is 5.92 Å². The Balaban J connectivity index is 1.87. The fraction of sp³-hybridized carbons (Fsp3) is 0.800. The van der Waals surface area contributed by atoms with Crippen LogP contribution in [0.1, 0.15) is 26.8 Å². The number of nitrogens with zero attached hydrogens (tertiary/aromatic N) is 5. The molecular weight excluding hydrogens is 280 g/mol. The van der Waals surface area contributed by atoms with E-state index in [1.54, 1.807) is 11.0 Å². The molecule has 2 atom stereocenters. The quantitative estimate of drug-likeness (QED) is 0.815. The van der Waals surface area contributed by atoms with Crippen molar-refractivity contribution in [1.29, 1.82) is 0 Å². The highest BCUT2D eigenvalue weighted by molar-refractivity contribution is 5.79. The van der Waals surface area contributed by atoms with Gasteiger partial charge in [-0.1, -0.05) is 13.8 Å². The zero-order valence-electron chi connectivity index (χ0n) is 14.1. The summed E-state index contributed by atoms with van der Waals surface area (Å²) in [5, 5.41) is 7.10. The summed E-state index contributed by atoms with van der Waals surface area (Å²) in [6.07, 6.45) is 3.02. The van der Waals surface area contributed by atoms with Gasteiger partial charge >= 0.3 is 0 Å². The molecule has 0 saturated carbocycles. The van der Waals surface area contributed by atoms with E-state index in [1.165, 1.54) is 6.33 Å². The first-order valence-corrected chi connectivity index (χ1v) is 8.03. The Bertz CT molecular complexity index is 453. The third kappa shape index (κ3) is 4.27. The molecule has 0 aromatic carbocycles. The third-order valence-corrected chi connectivity index (χ3v) is 4.47. The van der Waals surface area contributed by atoms with E-state index in [0.29, 0.717) is 18.5 Å². The number of hydrogen-bond acceptors (Lipinski definition) is 5. The summed E-state index contributed by atoms with van der Waals surface area (Å²) in [5.74, 6) is 0.496. The van der Waals surface area contributed by atoms with Gasteiger partial charge in [-0.25, -0.2) is 9.67 Å². The molecule has 2 rings (SSSR count). The maximum Gasteiger partial charge on any atom is 0.244 e. The Morgan fingerprint density at radius 1 is 1.23 bits per heavy atom. The van der Waals surface area contributed by atoms with Crippen LogP contribution in [0.2, 0.25) is 0 Å². The number of amides is 1. The van der Waals surface area contributed by atoms with Gasteiger partial charge in [-0.2, -0.15) is 5.10 Å². The summed E-state index contributed by atoms with van der Waals surface area (Å²) in [7, 11) is 2.16. The van der Waals surface area contributed by atoms with Crippen molar-refractivity contribution in [1.82, 2.24) is 29.9 Å². The predicted molar refractivity (Wildman–Crippen MR) is 85.4 cm³/mol. The smallest absolute Gasteiger partial charge is 0.244 e. The number of carbonyl (C=O) groups excluding carboxylic acids is 1. The van der Waals surface area contributed by atoms with Crippen molar-refractivity contribution in [2.75, 3.05) is 39.8 Å². The van der Waals surface area contributed by atoms with Crippen LogP contribution in [0.4, 0.5) is 0 Å². The third-order valence-electron chi connectivity index (χ3n) is 4.47. The van der Waals surface area contributed by atoms with Gasteiger partial charge in [-0.05, 0) is 19.9 Å². The standard InChI is InChI=1S/C15H28N6O/c1-12(2)14(20-7-5-19(4)6-8-20)9-17-15(22)13(3)21-11-16-10-18-21/h10-14H,5-9H2,1-4H3,(H,17,22)/t13-,14-/m1/s1. The second-order valence-electron chi connectivity index (χ2n) is 6.45. The van der Waals surface area contributed by atoms with Gasteiger partial charge in [-0.3, -0.25) is 9.69 Å². The van der Waals surface area contributed by atoms with Crippen molar-refractivity contribution in [3.63, 3.8) is 0 Å². The number of carbonyl (C=O) groups is 1. The van der Waals surface area contributed by atoms with Gasteiger partial charge in [0.2, 0.25) is 5.91 Å². The van der Waals surface area contributed by atoms with E-state index in [1.807, 2.05) is 6.92 Å². The summed E-state index contributed by atoms with van der Waals surface area (Å²) < 4.78 is 1.58. The zero-order valence-corrected chi connectivity index (χ0v) is 14.1. The Morgan fingerprint density at radius 2 is 1.91 bits per heavy atom. The van der Waals surface area contributed by atoms with Crippen LogP contribution in [0.5, 0.6) is 0 Å². The van der Waals surface area contributed by atoms with Crippen molar-refractivity contribution in [3.05, 3.63) is 12.7 Å². The topological polar surface area (TPSA) is 66.3 Å². The Hall–Kier alpha value is -1.47. The molecule has 1 aromatic rings. The molecule has 1 aliphatic heterocycles. The van der Waals surface area contributed by atoms with Gasteiger partial charge in [0.25, 0.3) is 0 Å². The molecule has 1 saturated heterocycles. The molecule has 7 nitrogen and oxygen atoms in total. The molecule has 22 heavy (non-hydrogen) atoms. The van der Waals surface area contributed by atoms with Crippen LogP contribution >= 0.6 is 0 Å². The molecule has 1 aliphatic rings. The Kier molecular flexibility index (Phi) is 5.90. The van der Waals surface area contributed by atoms with Gasteiger partial charge < -0.3 is 10.2 Å². The number of aromatic nitrogens is 3. The average molecular weight is 308 g/mol. The average Bonchev–Trinajstić information content (AvgIpc) is 3.02. The van der Waals surface area contributed by atoms with Gasteiger partial charge in [0.05, 0.1) is 0 Å². The van der Waals surface area contributed by atoms with Crippen LogP contribution in [0.15, 0.2) is 12.7 Å². The van der Waals surface area contributed by atoms with Gasteiger partial charge in [0.1, 0.15) is 18.7 Å². The highest BCUT2D eigenvalue weighted by Gasteiger charge is 2.26. The van der Waals surface area contributed by atoms with E-state index in [4.69, 9.17) is 0 Å².